The van der Waals surface area contributed by atoms with Crippen LogP contribution >= 0.6 is 0 Å². The van der Waals surface area contributed by atoms with Gasteiger partial charge < -0.3 is 10.0 Å². The molecule has 2 aromatic rings. The number of fused-ring (bicyclic) bond motifs is 2. The Morgan fingerprint density at radius 2 is 1.28 bits per heavy atom. The van der Waals surface area contributed by atoms with Gasteiger partial charge in [-0.3, -0.25) is 9.59 Å². The van der Waals surface area contributed by atoms with E-state index in [2.05, 4.69) is 0 Å². The molecule has 2 aromatic carbocycles. The van der Waals surface area contributed by atoms with Gasteiger partial charge in [0.05, 0.1) is 10.8 Å². The van der Waals surface area contributed by atoms with E-state index in [1.165, 1.54) is 0 Å². The Labute approximate surface area is 240 Å². The number of hydrogen-bond acceptors (Lipinski definition) is 4. The molecular weight excluding hydrogens is 614 g/mol. The van der Waals surface area contributed by atoms with Crippen molar-refractivity contribution in [3.05, 3.63) is 65.5 Å². The lowest BCUT2D eigenvalue weighted by molar-refractivity contribution is -0.348. The molecule has 0 aromatic heterocycles. The Morgan fingerprint density at radius 1 is 0.791 bits per heavy atom. The Hall–Kier alpha value is -3.23. The Kier molecular flexibility index (Phi) is 7.37. The maximum atomic E-state index is 14.6. The predicted molar refractivity (Wildman–Crippen MR) is 133 cm³/mol. The maximum absolute atomic E-state index is 14.6. The monoisotopic (exact) mass is 639 g/mol. The number of alkyl halides is 7. The van der Waals surface area contributed by atoms with Crippen molar-refractivity contribution in [1.82, 2.24) is 4.90 Å². The molecule has 1 aliphatic carbocycles. The van der Waals surface area contributed by atoms with Crippen molar-refractivity contribution in [2.75, 3.05) is 0 Å². The number of carbonyl (C=O) groups excluding carboxylic acids is 1. The van der Waals surface area contributed by atoms with Gasteiger partial charge in [-0.15, -0.1) is 0 Å². The number of piperidine rings is 1. The first-order valence-corrected chi connectivity index (χ1v) is 14.8. The fourth-order valence-corrected chi connectivity index (χ4v) is 9.03. The van der Waals surface area contributed by atoms with Gasteiger partial charge in [-0.2, -0.15) is 26.3 Å². The summed E-state index contributed by atoms with van der Waals surface area (Å²) < 4.78 is 134. The quantitative estimate of drug-likeness (QED) is 0.307. The summed E-state index contributed by atoms with van der Waals surface area (Å²) in [6.45, 7) is 0. The molecule has 1 amide bonds. The molecule has 234 valence electrons. The van der Waals surface area contributed by atoms with Crippen molar-refractivity contribution in [3.63, 3.8) is 0 Å². The maximum Gasteiger partial charge on any atom is 0.435 e. The summed E-state index contributed by atoms with van der Waals surface area (Å²) in [5.74, 6) is -3.71. The van der Waals surface area contributed by atoms with Crippen LogP contribution in [0.25, 0.3) is 0 Å². The molecule has 2 bridgehead atoms. The summed E-state index contributed by atoms with van der Waals surface area (Å²) >= 11 is 0. The first kappa shape index (κ1) is 31.2. The molecule has 15 heteroatoms. The second-order valence-electron chi connectivity index (χ2n) is 11.4. The molecule has 2 aliphatic heterocycles. The highest BCUT2D eigenvalue weighted by Gasteiger charge is 2.73. The molecule has 0 spiro atoms. The van der Waals surface area contributed by atoms with Gasteiger partial charge in [0.25, 0.3) is 0 Å². The third-order valence-corrected chi connectivity index (χ3v) is 11.6. The lowest BCUT2D eigenvalue weighted by atomic mass is 9.69. The topological polar surface area (TPSA) is 91.8 Å². The number of carboxylic acids is 1. The lowest BCUT2D eigenvalue weighted by Crippen LogP contribution is -2.57. The number of aliphatic carboxylic acids is 1. The number of amides is 1. The fraction of sp³-hybridized carbons (Fsp3) is 0.500. The number of sulfone groups is 1. The van der Waals surface area contributed by atoms with Crippen LogP contribution in [0.2, 0.25) is 0 Å². The highest BCUT2D eigenvalue weighted by molar-refractivity contribution is 7.92. The molecule has 2 saturated heterocycles. The summed E-state index contributed by atoms with van der Waals surface area (Å²) in [5, 5.41) is 9.42. The van der Waals surface area contributed by atoms with Crippen LogP contribution in [0.4, 0.5) is 35.1 Å². The molecule has 1 saturated carbocycles. The van der Waals surface area contributed by atoms with E-state index in [1.807, 2.05) is 0 Å². The Balaban J connectivity index is 1.50. The van der Waals surface area contributed by atoms with Crippen LogP contribution in [0.1, 0.15) is 49.7 Å². The van der Waals surface area contributed by atoms with Gasteiger partial charge in [-0.05, 0) is 68.4 Å². The number of rotatable bonds is 6. The third kappa shape index (κ3) is 4.78. The molecule has 5 rings (SSSR count). The van der Waals surface area contributed by atoms with Gasteiger partial charge in [0.15, 0.2) is 9.84 Å². The van der Waals surface area contributed by atoms with E-state index in [0.29, 0.717) is 25.0 Å². The zero-order valence-corrected chi connectivity index (χ0v) is 22.9. The van der Waals surface area contributed by atoms with Crippen LogP contribution < -0.4 is 0 Å². The van der Waals surface area contributed by atoms with Gasteiger partial charge in [0.1, 0.15) is 10.6 Å². The lowest BCUT2D eigenvalue weighted by Gasteiger charge is -2.49. The van der Waals surface area contributed by atoms with Gasteiger partial charge in [0.2, 0.25) is 5.91 Å². The largest absolute Gasteiger partial charge is 0.481 e. The van der Waals surface area contributed by atoms with Gasteiger partial charge in [-0.1, -0.05) is 24.3 Å². The van der Waals surface area contributed by atoms with E-state index >= 15 is 0 Å². The second-order valence-corrected chi connectivity index (χ2v) is 13.7. The second kappa shape index (κ2) is 10.2. The normalized spacial score (nSPS) is 28.0. The zero-order valence-electron chi connectivity index (χ0n) is 22.1. The third-order valence-electron chi connectivity index (χ3n) is 9.07. The molecule has 43 heavy (non-hydrogen) atoms. The molecule has 1 N–H and O–H groups in total. The molecule has 2 heterocycles. The smallest absolute Gasteiger partial charge is 0.435 e. The van der Waals surface area contributed by atoms with Crippen LogP contribution in [0.15, 0.2) is 53.4 Å². The molecule has 3 fully saturated rings. The minimum atomic E-state index is -6.37. The number of benzene rings is 2. The Bertz CT molecular complexity index is 1490. The fourth-order valence-electron chi connectivity index (χ4n) is 6.80. The van der Waals surface area contributed by atoms with Crippen molar-refractivity contribution in [2.24, 2.45) is 11.8 Å². The van der Waals surface area contributed by atoms with Crippen molar-refractivity contribution in [1.29, 1.82) is 0 Å². The van der Waals surface area contributed by atoms with E-state index in [9.17, 15) is 58.2 Å². The van der Waals surface area contributed by atoms with Crippen molar-refractivity contribution >= 4 is 21.7 Å². The van der Waals surface area contributed by atoms with Crippen molar-refractivity contribution < 1.29 is 58.2 Å². The van der Waals surface area contributed by atoms with E-state index in [0.717, 1.165) is 24.3 Å². The van der Waals surface area contributed by atoms with E-state index < -0.39 is 85.4 Å². The number of nitrogens with zero attached hydrogens (tertiary/aromatic N) is 1. The molecular formula is C28H25F8NO5S. The summed E-state index contributed by atoms with van der Waals surface area (Å²) in [6, 6.07) is 4.69. The number of hydrogen-bond donors (Lipinski definition) is 1. The van der Waals surface area contributed by atoms with Crippen LogP contribution in [0.5, 0.6) is 0 Å². The van der Waals surface area contributed by atoms with Gasteiger partial charge >= 0.3 is 24.0 Å². The Morgan fingerprint density at radius 3 is 1.72 bits per heavy atom. The number of halogens is 8. The van der Waals surface area contributed by atoms with Crippen LogP contribution in [0.3, 0.4) is 0 Å². The average molecular weight is 640 g/mol. The first-order valence-electron chi connectivity index (χ1n) is 13.3. The number of carboxylic acid groups (broad SMARTS) is 1. The first-order chi connectivity index (χ1) is 19.8. The molecule has 6 nitrogen and oxygen atoms in total. The zero-order chi connectivity index (χ0) is 31.8. The summed E-state index contributed by atoms with van der Waals surface area (Å²) in [5.41, 5.74) is -7.78. The summed E-state index contributed by atoms with van der Waals surface area (Å²) in [6.07, 6.45) is -11.9. The minimum absolute atomic E-state index is 0.226. The number of carbonyl (C=O) groups is 2. The standard InChI is InChI=1S/C28H25F8NO5S/c29-19-5-9-22(10-6-19)43(41,42)25(17-1-3-18(4-2-17)26(30,27(31,32)33)28(34,35)36)13-16(14-25)23(38)37-20-7-8-21(37)12-15(11-20)24(39)40/h1-6,9-10,15-16,20-21H,7-8,11-14H2,(H,39,40). The van der Waals surface area contributed by atoms with Crippen LogP contribution in [-0.4, -0.2) is 54.7 Å². The van der Waals surface area contributed by atoms with E-state index in [-0.39, 0.29) is 42.6 Å². The van der Waals surface area contributed by atoms with Gasteiger partial charge in [-0.25, -0.2) is 17.2 Å². The molecule has 3 aliphatic rings. The molecule has 0 radical (unpaired) electrons. The average Bonchev–Trinajstić information content (AvgIpc) is 3.15. The van der Waals surface area contributed by atoms with E-state index in [4.69, 9.17) is 0 Å². The van der Waals surface area contributed by atoms with Gasteiger partial charge in [0, 0.05) is 23.6 Å². The highest BCUT2D eigenvalue weighted by Crippen LogP contribution is 2.57. The van der Waals surface area contributed by atoms with Crippen molar-refractivity contribution in [2.45, 2.75) is 78.3 Å². The molecule has 2 atom stereocenters. The van der Waals surface area contributed by atoms with E-state index in [1.54, 1.807) is 4.90 Å². The highest BCUT2D eigenvalue weighted by atomic mass is 32.2. The predicted octanol–water partition coefficient (Wildman–Crippen LogP) is 6.05. The SMILES string of the molecule is O=C(O)C1CC2CCC(C1)N2C(=O)C1CC(c2ccc(C(F)(C(F)(F)F)C(F)(F)F)cc2)(S(=O)(=O)c2ccc(F)cc2)C1. The minimum Gasteiger partial charge on any atom is -0.481 e. The van der Waals surface area contributed by atoms with Crippen molar-refractivity contribution in [3.8, 4) is 0 Å². The van der Waals surface area contributed by atoms with Crippen LogP contribution in [-0.2, 0) is 29.8 Å². The van der Waals surface area contributed by atoms with Crippen LogP contribution in [0, 0.1) is 17.7 Å². The summed E-state index contributed by atoms with van der Waals surface area (Å²) in [7, 11) is -4.52. The molecule has 2 unspecified atom stereocenters. The summed E-state index contributed by atoms with van der Waals surface area (Å²) in [4.78, 5) is 26.3.